The second-order valence-corrected chi connectivity index (χ2v) is 9.12. The molecule has 1 fully saturated rings. The van der Waals surface area contributed by atoms with Gasteiger partial charge >= 0.3 is 0 Å². The summed E-state index contributed by atoms with van der Waals surface area (Å²) >= 11 is 3.20. The molecule has 1 aromatic carbocycles. The Balaban J connectivity index is 1.53. The molecule has 0 bridgehead atoms. The highest BCUT2D eigenvalue weighted by Gasteiger charge is 2.22. The molecule has 28 heavy (non-hydrogen) atoms. The van der Waals surface area contributed by atoms with E-state index in [1.807, 2.05) is 31.2 Å². The molecule has 1 aliphatic heterocycles. The topological polar surface area (TPSA) is 62.5 Å². The molecule has 0 saturated carbocycles. The van der Waals surface area contributed by atoms with Crippen molar-refractivity contribution in [3.8, 4) is 10.4 Å². The standard InChI is InChI=1S/C21H24N4OS2/c1-14-20(28-21(23-14)25-9-7-24(2)8-10-25)18(26)13-16-12-15(5-6-17(16)22)19-4-3-11-27-19/h3-6,11-12H,7-10,13,22H2,1-2H3. The van der Waals surface area contributed by atoms with E-state index in [4.69, 9.17) is 5.73 Å². The van der Waals surface area contributed by atoms with Gasteiger partial charge in [-0.1, -0.05) is 23.5 Å². The van der Waals surface area contributed by atoms with E-state index in [0.717, 1.165) is 53.0 Å². The monoisotopic (exact) mass is 412 g/mol. The van der Waals surface area contributed by atoms with E-state index in [2.05, 4.69) is 33.3 Å². The second kappa shape index (κ2) is 8.03. The molecule has 0 aliphatic carbocycles. The van der Waals surface area contributed by atoms with Crippen LogP contribution in [0.3, 0.4) is 0 Å². The van der Waals surface area contributed by atoms with Gasteiger partial charge in [0.25, 0.3) is 0 Å². The molecule has 4 rings (SSSR count). The number of nitrogens with zero attached hydrogens (tertiary/aromatic N) is 3. The molecule has 7 heteroatoms. The van der Waals surface area contributed by atoms with Crippen LogP contribution in [-0.2, 0) is 6.42 Å². The molecule has 0 amide bonds. The van der Waals surface area contributed by atoms with Gasteiger partial charge in [-0.25, -0.2) is 4.98 Å². The third-order valence-electron chi connectivity index (χ3n) is 5.11. The summed E-state index contributed by atoms with van der Waals surface area (Å²) in [5, 5.41) is 3.01. The molecule has 2 aromatic heterocycles. The third-order valence-corrected chi connectivity index (χ3v) is 7.29. The van der Waals surface area contributed by atoms with Crippen LogP contribution in [0, 0.1) is 6.92 Å². The number of hydrogen-bond donors (Lipinski definition) is 1. The number of nitrogen functional groups attached to an aromatic ring is 1. The van der Waals surface area contributed by atoms with Crippen molar-refractivity contribution in [3.63, 3.8) is 0 Å². The van der Waals surface area contributed by atoms with Crippen molar-refractivity contribution in [2.24, 2.45) is 0 Å². The first-order valence-electron chi connectivity index (χ1n) is 9.37. The number of thiophene rings is 1. The molecule has 0 unspecified atom stereocenters. The molecule has 0 radical (unpaired) electrons. The zero-order valence-corrected chi connectivity index (χ0v) is 17.8. The smallest absolute Gasteiger partial charge is 0.186 e. The van der Waals surface area contributed by atoms with Gasteiger partial charge in [0.1, 0.15) is 0 Å². The van der Waals surface area contributed by atoms with Gasteiger partial charge in [0.2, 0.25) is 0 Å². The van der Waals surface area contributed by atoms with E-state index in [0.29, 0.717) is 12.1 Å². The van der Waals surface area contributed by atoms with Gasteiger partial charge in [-0.2, -0.15) is 0 Å². The number of carbonyl (C=O) groups excluding carboxylic acids is 1. The summed E-state index contributed by atoms with van der Waals surface area (Å²) in [6.07, 6.45) is 0.302. The number of anilines is 2. The molecule has 2 N–H and O–H groups in total. The van der Waals surface area contributed by atoms with Gasteiger partial charge in [0, 0.05) is 43.2 Å². The predicted molar refractivity (Wildman–Crippen MR) is 119 cm³/mol. The van der Waals surface area contributed by atoms with E-state index in [9.17, 15) is 4.79 Å². The molecule has 1 aliphatic rings. The molecular weight excluding hydrogens is 388 g/mol. The second-order valence-electron chi connectivity index (χ2n) is 7.19. The molecule has 0 spiro atoms. The number of rotatable bonds is 5. The Hall–Kier alpha value is -2.22. The van der Waals surface area contributed by atoms with E-state index in [-0.39, 0.29) is 5.78 Å². The Bertz CT molecular complexity index is 972. The van der Waals surface area contributed by atoms with Gasteiger partial charge in [0.15, 0.2) is 10.9 Å². The number of ketones is 1. The van der Waals surface area contributed by atoms with Gasteiger partial charge in [-0.15, -0.1) is 11.3 Å². The minimum Gasteiger partial charge on any atom is -0.398 e. The lowest BCUT2D eigenvalue weighted by atomic mass is 10.0. The molecule has 146 valence electrons. The lowest BCUT2D eigenvalue weighted by Crippen LogP contribution is -2.44. The van der Waals surface area contributed by atoms with Crippen LogP contribution in [0.4, 0.5) is 10.8 Å². The van der Waals surface area contributed by atoms with E-state index < -0.39 is 0 Å². The fourth-order valence-corrected chi connectivity index (χ4v) is 5.16. The van der Waals surface area contributed by atoms with Crippen molar-refractivity contribution in [1.82, 2.24) is 9.88 Å². The summed E-state index contributed by atoms with van der Waals surface area (Å²) in [5.41, 5.74) is 9.63. The maximum atomic E-state index is 13.0. The first kappa shape index (κ1) is 19.1. The number of piperazine rings is 1. The Kier molecular flexibility index (Phi) is 5.48. The number of aromatic nitrogens is 1. The van der Waals surface area contributed by atoms with Crippen molar-refractivity contribution in [3.05, 3.63) is 51.8 Å². The number of hydrogen-bond acceptors (Lipinski definition) is 7. The van der Waals surface area contributed by atoms with Crippen molar-refractivity contribution in [2.45, 2.75) is 13.3 Å². The Morgan fingerprint density at radius 3 is 2.71 bits per heavy atom. The average Bonchev–Trinajstić information content (AvgIpc) is 3.34. The van der Waals surface area contributed by atoms with Crippen LogP contribution >= 0.6 is 22.7 Å². The number of benzene rings is 1. The summed E-state index contributed by atoms with van der Waals surface area (Å²) in [6.45, 7) is 5.87. The minimum atomic E-state index is 0.0883. The van der Waals surface area contributed by atoms with Crippen LogP contribution in [0.5, 0.6) is 0 Å². The highest BCUT2D eigenvalue weighted by molar-refractivity contribution is 7.17. The summed E-state index contributed by atoms with van der Waals surface area (Å²) in [7, 11) is 2.13. The van der Waals surface area contributed by atoms with Crippen LogP contribution in [0.2, 0.25) is 0 Å². The Morgan fingerprint density at radius 2 is 2.00 bits per heavy atom. The minimum absolute atomic E-state index is 0.0883. The normalized spacial score (nSPS) is 15.1. The van der Waals surface area contributed by atoms with Crippen LogP contribution in [0.1, 0.15) is 20.9 Å². The van der Waals surface area contributed by atoms with Crippen LogP contribution in [0.25, 0.3) is 10.4 Å². The molecule has 5 nitrogen and oxygen atoms in total. The first-order chi connectivity index (χ1) is 13.5. The number of carbonyl (C=O) groups is 1. The molecule has 3 aromatic rings. The van der Waals surface area contributed by atoms with Crippen molar-refractivity contribution in [1.29, 1.82) is 0 Å². The maximum Gasteiger partial charge on any atom is 0.186 e. The molecule has 0 atom stereocenters. The fraction of sp³-hybridized carbons (Fsp3) is 0.333. The fourth-order valence-electron chi connectivity index (χ4n) is 3.38. The lowest BCUT2D eigenvalue weighted by Gasteiger charge is -2.32. The number of thiazole rings is 1. The molecule has 3 heterocycles. The van der Waals surface area contributed by atoms with E-state index >= 15 is 0 Å². The number of aryl methyl sites for hydroxylation is 1. The zero-order valence-electron chi connectivity index (χ0n) is 16.1. The average molecular weight is 413 g/mol. The summed E-state index contributed by atoms with van der Waals surface area (Å²) in [6, 6.07) is 10.1. The molecular formula is C21H24N4OS2. The third kappa shape index (κ3) is 3.97. The maximum absolute atomic E-state index is 13.0. The number of nitrogens with two attached hydrogens (primary N) is 1. The zero-order chi connectivity index (χ0) is 19.7. The quantitative estimate of drug-likeness (QED) is 0.508. The SMILES string of the molecule is Cc1nc(N2CCN(C)CC2)sc1C(=O)Cc1cc(-c2cccs2)ccc1N. The highest BCUT2D eigenvalue weighted by Crippen LogP contribution is 2.31. The Labute approximate surface area is 173 Å². The number of likely N-dealkylation sites (N-methyl/N-ethyl adjacent to an activating group) is 1. The van der Waals surface area contributed by atoms with Crippen LogP contribution < -0.4 is 10.6 Å². The van der Waals surface area contributed by atoms with Crippen LogP contribution in [0.15, 0.2) is 35.7 Å². The van der Waals surface area contributed by atoms with Gasteiger partial charge < -0.3 is 15.5 Å². The van der Waals surface area contributed by atoms with Gasteiger partial charge in [-0.3, -0.25) is 4.79 Å². The first-order valence-corrected chi connectivity index (χ1v) is 11.1. The predicted octanol–water partition coefficient (Wildman–Crippen LogP) is 3.94. The lowest BCUT2D eigenvalue weighted by molar-refractivity contribution is 0.0996. The van der Waals surface area contributed by atoms with E-state index in [1.165, 1.54) is 16.2 Å². The molecule has 1 saturated heterocycles. The summed E-state index contributed by atoms with van der Waals surface area (Å²) < 4.78 is 0. The largest absolute Gasteiger partial charge is 0.398 e. The summed E-state index contributed by atoms with van der Waals surface area (Å²) in [5.74, 6) is 0.0883. The van der Waals surface area contributed by atoms with Crippen molar-refractivity contribution >= 4 is 39.3 Å². The number of Topliss-reactive ketones (excluding diaryl/α,β-unsaturated/α-hetero) is 1. The van der Waals surface area contributed by atoms with Gasteiger partial charge in [0.05, 0.1) is 10.6 Å². The highest BCUT2D eigenvalue weighted by atomic mass is 32.1. The van der Waals surface area contributed by atoms with Crippen LogP contribution in [-0.4, -0.2) is 48.9 Å². The van der Waals surface area contributed by atoms with E-state index in [1.54, 1.807) is 11.3 Å². The summed E-state index contributed by atoms with van der Waals surface area (Å²) in [4.78, 5) is 24.2. The Morgan fingerprint density at radius 1 is 1.21 bits per heavy atom. The van der Waals surface area contributed by atoms with Gasteiger partial charge in [-0.05, 0) is 48.7 Å². The van der Waals surface area contributed by atoms with Crippen molar-refractivity contribution in [2.75, 3.05) is 43.9 Å². The van der Waals surface area contributed by atoms with Crippen molar-refractivity contribution < 1.29 is 4.79 Å².